The Labute approximate surface area is 161 Å². The van der Waals surface area contributed by atoms with Crippen LogP contribution in [0.15, 0.2) is 84.9 Å². The van der Waals surface area contributed by atoms with Crippen molar-refractivity contribution in [2.45, 2.75) is 18.3 Å². The molecular weight excluding hydrogens is 332 g/mol. The molecule has 0 aromatic heterocycles. The van der Waals surface area contributed by atoms with Gasteiger partial charge in [-0.15, -0.1) is 0 Å². The summed E-state index contributed by atoms with van der Waals surface area (Å²) >= 11 is 0. The van der Waals surface area contributed by atoms with Gasteiger partial charge in [0.2, 0.25) is 0 Å². The van der Waals surface area contributed by atoms with Gasteiger partial charge in [0.25, 0.3) is 0 Å². The second-order valence-corrected chi connectivity index (χ2v) is 7.49. The first-order chi connectivity index (χ1) is 13.3. The molecule has 1 N–H and O–H groups in total. The third-order valence-corrected chi connectivity index (χ3v) is 6.09. The Morgan fingerprint density at radius 1 is 0.815 bits per heavy atom. The van der Waals surface area contributed by atoms with Crippen molar-refractivity contribution in [3.05, 3.63) is 102 Å². The molecule has 2 nitrogen and oxygen atoms in total. The predicted octanol–water partition coefficient (Wildman–Crippen LogP) is 5.05. The number of benzene rings is 3. The molecule has 0 saturated heterocycles. The zero-order valence-corrected chi connectivity index (χ0v) is 15.7. The topological polar surface area (TPSA) is 29.5 Å². The number of rotatable bonds is 6. The van der Waals surface area contributed by atoms with E-state index < -0.39 is 0 Å². The highest BCUT2D eigenvalue weighted by atomic mass is 16.5. The van der Waals surface area contributed by atoms with Crippen LogP contribution in [0.4, 0.5) is 0 Å². The fourth-order valence-electron chi connectivity index (χ4n) is 4.72. The number of aliphatic hydroxyl groups excluding tert-OH is 1. The van der Waals surface area contributed by atoms with E-state index in [1.165, 1.54) is 16.7 Å². The van der Waals surface area contributed by atoms with E-state index in [1.807, 2.05) is 6.07 Å². The van der Waals surface area contributed by atoms with Crippen LogP contribution in [-0.2, 0) is 5.41 Å². The Morgan fingerprint density at radius 2 is 1.37 bits per heavy atom. The lowest BCUT2D eigenvalue weighted by molar-refractivity contribution is 0.0775. The lowest BCUT2D eigenvalue weighted by atomic mass is 9.53. The van der Waals surface area contributed by atoms with E-state index in [2.05, 4.69) is 78.9 Å². The molecule has 27 heavy (non-hydrogen) atoms. The molecule has 0 bridgehead atoms. The molecule has 138 valence electrons. The maximum absolute atomic E-state index is 9.64. The van der Waals surface area contributed by atoms with E-state index in [-0.39, 0.29) is 12.0 Å². The summed E-state index contributed by atoms with van der Waals surface area (Å²) in [5, 5.41) is 9.64. The largest absolute Gasteiger partial charge is 0.497 e. The van der Waals surface area contributed by atoms with E-state index in [0.29, 0.717) is 11.8 Å². The molecule has 3 aromatic rings. The summed E-state index contributed by atoms with van der Waals surface area (Å²) in [7, 11) is 1.72. The summed E-state index contributed by atoms with van der Waals surface area (Å²) in [5.41, 5.74) is 3.60. The van der Waals surface area contributed by atoms with Gasteiger partial charge in [0, 0.05) is 12.0 Å². The summed E-state index contributed by atoms with van der Waals surface area (Å²) in [4.78, 5) is 0. The Kier molecular flexibility index (Phi) is 5.00. The fraction of sp³-hybridized carbons (Fsp3) is 0.280. The van der Waals surface area contributed by atoms with Gasteiger partial charge in [-0.1, -0.05) is 72.8 Å². The third-order valence-electron chi connectivity index (χ3n) is 6.09. The molecule has 1 saturated carbocycles. The third kappa shape index (κ3) is 3.04. The molecule has 1 aliphatic carbocycles. The SMILES string of the molecule is COc1cccc(C(c2ccccc2)(c2ccccc2)C2CC(CO)C2)c1. The van der Waals surface area contributed by atoms with Gasteiger partial charge in [-0.25, -0.2) is 0 Å². The zero-order valence-electron chi connectivity index (χ0n) is 15.7. The first-order valence-electron chi connectivity index (χ1n) is 9.65. The van der Waals surface area contributed by atoms with Crippen LogP contribution in [0.2, 0.25) is 0 Å². The minimum absolute atomic E-state index is 0.247. The van der Waals surface area contributed by atoms with Gasteiger partial charge < -0.3 is 9.84 Å². The van der Waals surface area contributed by atoms with Gasteiger partial charge in [-0.05, 0) is 53.5 Å². The standard InChI is InChI=1S/C25H26O2/c1-27-24-14-8-13-22(17-24)25(20-9-4-2-5-10-20,21-11-6-3-7-12-21)23-15-19(16-23)18-26/h2-14,17,19,23,26H,15-16,18H2,1H3. The highest BCUT2D eigenvalue weighted by Crippen LogP contribution is 2.54. The van der Waals surface area contributed by atoms with Crippen LogP contribution < -0.4 is 4.74 Å². The first-order valence-corrected chi connectivity index (χ1v) is 9.65. The molecule has 0 heterocycles. The van der Waals surface area contributed by atoms with E-state index in [9.17, 15) is 5.11 Å². The normalized spacial score (nSPS) is 19.3. The van der Waals surface area contributed by atoms with Crippen molar-refractivity contribution >= 4 is 0 Å². The Hall–Kier alpha value is -2.58. The number of methoxy groups -OCH3 is 1. The molecular formula is C25H26O2. The van der Waals surface area contributed by atoms with E-state index in [1.54, 1.807) is 7.11 Å². The molecule has 3 aromatic carbocycles. The van der Waals surface area contributed by atoms with Crippen LogP contribution >= 0.6 is 0 Å². The minimum atomic E-state index is -0.247. The van der Waals surface area contributed by atoms with Crippen molar-refractivity contribution in [3.8, 4) is 5.75 Å². The van der Waals surface area contributed by atoms with Crippen LogP contribution in [0.5, 0.6) is 5.75 Å². The van der Waals surface area contributed by atoms with Crippen LogP contribution in [0.25, 0.3) is 0 Å². The van der Waals surface area contributed by atoms with E-state index in [4.69, 9.17) is 4.74 Å². The van der Waals surface area contributed by atoms with Crippen LogP contribution in [-0.4, -0.2) is 18.8 Å². The summed E-state index contributed by atoms with van der Waals surface area (Å²) < 4.78 is 5.56. The molecule has 4 rings (SSSR count). The lowest BCUT2D eigenvalue weighted by Crippen LogP contribution is -2.45. The zero-order chi connectivity index (χ0) is 18.7. The summed E-state index contributed by atoms with van der Waals surface area (Å²) in [6, 6.07) is 30.0. The van der Waals surface area contributed by atoms with Gasteiger partial charge in [0.15, 0.2) is 0 Å². The highest BCUT2D eigenvalue weighted by molar-refractivity contribution is 5.53. The molecule has 0 atom stereocenters. The minimum Gasteiger partial charge on any atom is -0.497 e. The smallest absolute Gasteiger partial charge is 0.119 e. The van der Waals surface area contributed by atoms with Gasteiger partial charge >= 0.3 is 0 Å². The van der Waals surface area contributed by atoms with E-state index in [0.717, 1.165) is 18.6 Å². The maximum atomic E-state index is 9.64. The van der Waals surface area contributed by atoms with Crippen LogP contribution in [0.1, 0.15) is 29.5 Å². The molecule has 0 radical (unpaired) electrons. The molecule has 0 amide bonds. The number of hydrogen-bond acceptors (Lipinski definition) is 2. The Morgan fingerprint density at radius 3 is 1.89 bits per heavy atom. The molecule has 2 heteroatoms. The Balaban J connectivity index is 1.97. The van der Waals surface area contributed by atoms with Gasteiger partial charge in [-0.3, -0.25) is 0 Å². The maximum Gasteiger partial charge on any atom is 0.119 e. The molecule has 0 aliphatic heterocycles. The average molecular weight is 358 g/mol. The summed E-state index contributed by atoms with van der Waals surface area (Å²) in [6.07, 6.45) is 2.05. The Bertz CT molecular complexity index is 828. The van der Waals surface area contributed by atoms with Crippen LogP contribution in [0.3, 0.4) is 0 Å². The first kappa shape index (κ1) is 17.8. The van der Waals surface area contributed by atoms with Gasteiger partial charge in [0.05, 0.1) is 7.11 Å². The quantitative estimate of drug-likeness (QED) is 0.625. The summed E-state index contributed by atoms with van der Waals surface area (Å²) in [5.74, 6) is 1.71. The van der Waals surface area contributed by atoms with Gasteiger partial charge in [-0.2, -0.15) is 0 Å². The average Bonchev–Trinajstić information content (AvgIpc) is 2.72. The molecule has 1 fully saturated rings. The predicted molar refractivity (Wildman–Crippen MR) is 109 cm³/mol. The van der Waals surface area contributed by atoms with E-state index >= 15 is 0 Å². The van der Waals surface area contributed by atoms with Crippen molar-refractivity contribution < 1.29 is 9.84 Å². The lowest BCUT2D eigenvalue weighted by Gasteiger charge is -2.50. The van der Waals surface area contributed by atoms with Crippen molar-refractivity contribution in [3.63, 3.8) is 0 Å². The van der Waals surface area contributed by atoms with Crippen molar-refractivity contribution in [1.82, 2.24) is 0 Å². The van der Waals surface area contributed by atoms with Crippen molar-refractivity contribution in [2.24, 2.45) is 11.8 Å². The monoisotopic (exact) mass is 358 g/mol. The van der Waals surface area contributed by atoms with Gasteiger partial charge in [0.1, 0.15) is 5.75 Å². The summed E-state index contributed by atoms with van der Waals surface area (Å²) in [6.45, 7) is 0.272. The van der Waals surface area contributed by atoms with Crippen LogP contribution in [0, 0.1) is 11.8 Å². The second kappa shape index (κ2) is 7.58. The second-order valence-electron chi connectivity index (χ2n) is 7.49. The number of aliphatic hydroxyl groups is 1. The number of ether oxygens (including phenoxy) is 1. The molecule has 1 aliphatic rings. The molecule has 0 unspecified atom stereocenters. The fourth-order valence-corrected chi connectivity index (χ4v) is 4.72. The highest BCUT2D eigenvalue weighted by Gasteiger charge is 2.49. The van der Waals surface area contributed by atoms with Crippen molar-refractivity contribution in [2.75, 3.05) is 13.7 Å². The molecule has 0 spiro atoms. The van der Waals surface area contributed by atoms with Crippen molar-refractivity contribution in [1.29, 1.82) is 0 Å². The number of hydrogen-bond donors (Lipinski definition) is 1.